The van der Waals surface area contributed by atoms with E-state index in [0.717, 1.165) is 31.3 Å². The second kappa shape index (κ2) is 14.5. The van der Waals surface area contributed by atoms with Gasteiger partial charge in [0.2, 0.25) is 5.82 Å². The van der Waals surface area contributed by atoms with Crippen LogP contribution in [0, 0.1) is 0 Å². The summed E-state index contributed by atoms with van der Waals surface area (Å²) in [5.41, 5.74) is 0. The van der Waals surface area contributed by atoms with Crippen LogP contribution < -0.4 is 10.6 Å². The van der Waals surface area contributed by atoms with Crippen LogP contribution in [0.1, 0.15) is 57.7 Å². The minimum atomic E-state index is 0. The third-order valence-corrected chi connectivity index (χ3v) is 4.22. The molecule has 0 bridgehead atoms. The van der Waals surface area contributed by atoms with Gasteiger partial charge in [0.15, 0.2) is 11.7 Å². The van der Waals surface area contributed by atoms with E-state index in [2.05, 4.69) is 37.7 Å². The number of nitrogens with zero attached hydrogens (tertiary/aromatic N) is 3. The molecule has 0 unspecified atom stereocenters. The molecular formula is C19H33IN6O. The number of aromatic nitrogens is 3. The van der Waals surface area contributed by atoms with Gasteiger partial charge in [-0.1, -0.05) is 45.4 Å². The molecule has 0 aliphatic carbocycles. The largest absolute Gasteiger partial charge is 0.461 e. The second-order valence-electron chi connectivity index (χ2n) is 6.38. The molecule has 27 heavy (non-hydrogen) atoms. The molecule has 2 aromatic rings. The summed E-state index contributed by atoms with van der Waals surface area (Å²) in [5.74, 6) is 2.92. The number of H-pyrrole nitrogens is 1. The number of hydrogen-bond acceptors (Lipinski definition) is 4. The van der Waals surface area contributed by atoms with Crippen molar-refractivity contribution in [3.8, 4) is 11.6 Å². The van der Waals surface area contributed by atoms with Gasteiger partial charge in [0.25, 0.3) is 0 Å². The molecule has 0 fully saturated rings. The number of unbranched alkanes of at least 4 members (excludes halogenated alkanes) is 6. The van der Waals surface area contributed by atoms with Crippen molar-refractivity contribution >= 4 is 29.9 Å². The molecule has 7 nitrogen and oxygen atoms in total. The highest BCUT2D eigenvalue weighted by Gasteiger charge is 2.08. The third kappa shape index (κ3) is 9.25. The third-order valence-electron chi connectivity index (χ3n) is 4.22. The Morgan fingerprint density at radius 3 is 2.56 bits per heavy atom. The maximum Gasteiger partial charge on any atom is 0.216 e. The number of furan rings is 1. The fourth-order valence-electron chi connectivity index (χ4n) is 2.73. The first kappa shape index (κ1) is 23.5. The Kier molecular flexibility index (Phi) is 12.6. The number of halogens is 1. The zero-order valence-electron chi connectivity index (χ0n) is 16.5. The first-order valence-electron chi connectivity index (χ1n) is 9.73. The van der Waals surface area contributed by atoms with Crippen molar-refractivity contribution < 1.29 is 4.42 Å². The van der Waals surface area contributed by atoms with Gasteiger partial charge in [0.05, 0.1) is 6.26 Å². The summed E-state index contributed by atoms with van der Waals surface area (Å²) in [6.07, 6.45) is 11.6. The van der Waals surface area contributed by atoms with Crippen molar-refractivity contribution in [1.29, 1.82) is 0 Å². The molecule has 0 saturated carbocycles. The van der Waals surface area contributed by atoms with Crippen LogP contribution in [0.15, 0.2) is 27.8 Å². The van der Waals surface area contributed by atoms with Crippen molar-refractivity contribution in [2.24, 2.45) is 4.99 Å². The van der Waals surface area contributed by atoms with E-state index in [9.17, 15) is 0 Å². The lowest BCUT2D eigenvalue weighted by atomic mass is 10.1. The molecule has 2 heterocycles. The van der Waals surface area contributed by atoms with E-state index in [-0.39, 0.29) is 24.0 Å². The van der Waals surface area contributed by atoms with E-state index in [0.29, 0.717) is 11.6 Å². The molecule has 8 heteroatoms. The highest BCUT2D eigenvalue weighted by atomic mass is 127. The quantitative estimate of drug-likeness (QED) is 0.181. The topological polar surface area (TPSA) is 91.1 Å². The minimum Gasteiger partial charge on any atom is -0.461 e. The Hall–Kier alpha value is -1.58. The Balaban J connectivity index is 0.00000364. The first-order valence-corrected chi connectivity index (χ1v) is 9.73. The Morgan fingerprint density at radius 1 is 1.11 bits per heavy atom. The Labute approximate surface area is 179 Å². The summed E-state index contributed by atoms with van der Waals surface area (Å²) in [7, 11) is 1.80. The van der Waals surface area contributed by atoms with Crippen molar-refractivity contribution in [3.05, 3.63) is 24.2 Å². The van der Waals surface area contributed by atoms with Crippen LogP contribution in [0.2, 0.25) is 0 Å². The minimum absolute atomic E-state index is 0. The van der Waals surface area contributed by atoms with Crippen LogP contribution in [0.5, 0.6) is 0 Å². The standard InChI is InChI=1S/C19H32N6O.HI/c1-3-4-5-6-7-8-9-13-21-19(20-2)22-14-12-17-23-18(25-24-17)16-11-10-15-26-16;/h10-11,15H,3-9,12-14H2,1-2H3,(H2,20,21,22)(H,23,24,25);1H. The number of hydrogen-bond donors (Lipinski definition) is 3. The second-order valence-corrected chi connectivity index (χ2v) is 6.38. The van der Waals surface area contributed by atoms with Crippen LogP contribution >= 0.6 is 24.0 Å². The molecule has 0 amide bonds. The molecule has 2 aromatic heterocycles. The van der Waals surface area contributed by atoms with Gasteiger partial charge in [-0.2, -0.15) is 5.10 Å². The van der Waals surface area contributed by atoms with Gasteiger partial charge < -0.3 is 15.1 Å². The molecule has 0 radical (unpaired) electrons. The van der Waals surface area contributed by atoms with Crippen molar-refractivity contribution in [1.82, 2.24) is 25.8 Å². The van der Waals surface area contributed by atoms with Crippen molar-refractivity contribution in [2.45, 2.75) is 58.3 Å². The van der Waals surface area contributed by atoms with E-state index in [1.54, 1.807) is 13.3 Å². The lowest BCUT2D eigenvalue weighted by Gasteiger charge is -2.11. The van der Waals surface area contributed by atoms with E-state index in [1.165, 1.54) is 44.9 Å². The predicted molar refractivity (Wildman–Crippen MR) is 121 cm³/mol. The van der Waals surface area contributed by atoms with Gasteiger partial charge in [0, 0.05) is 26.6 Å². The Bertz CT molecular complexity index is 626. The number of aromatic amines is 1. The molecule has 0 spiro atoms. The molecule has 0 atom stereocenters. The average molecular weight is 488 g/mol. The molecule has 3 N–H and O–H groups in total. The average Bonchev–Trinajstić information content (AvgIpc) is 3.34. The lowest BCUT2D eigenvalue weighted by molar-refractivity contribution is 0.577. The summed E-state index contributed by atoms with van der Waals surface area (Å²) in [5, 5.41) is 13.8. The normalized spacial score (nSPS) is 11.3. The summed E-state index contributed by atoms with van der Waals surface area (Å²) < 4.78 is 5.29. The Morgan fingerprint density at radius 2 is 1.85 bits per heavy atom. The predicted octanol–water partition coefficient (Wildman–Crippen LogP) is 4.14. The maximum atomic E-state index is 5.29. The number of nitrogens with one attached hydrogen (secondary N) is 3. The number of rotatable bonds is 12. The molecular weight excluding hydrogens is 455 g/mol. The van der Waals surface area contributed by atoms with E-state index >= 15 is 0 Å². The summed E-state index contributed by atoms with van der Waals surface area (Å²) in [4.78, 5) is 8.69. The van der Waals surface area contributed by atoms with Crippen LogP contribution in [0.3, 0.4) is 0 Å². The summed E-state index contributed by atoms with van der Waals surface area (Å²) in [6.45, 7) is 3.95. The van der Waals surface area contributed by atoms with Crippen LogP contribution in [-0.4, -0.2) is 41.3 Å². The number of aliphatic imine (C=N–C) groups is 1. The van der Waals surface area contributed by atoms with Gasteiger partial charge in [-0.25, -0.2) is 4.98 Å². The monoisotopic (exact) mass is 488 g/mol. The molecule has 0 aliphatic rings. The van der Waals surface area contributed by atoms with E-state index < -0.39 is 0 Å². The van der Waals surface area contributed by atoms with E-state index in [4.69, 9.17) is 4.42 Å². The molecule has 0 aromatic carbocycles. The van der Waals surface area contributed by atoms with Gasteiger partial charge in [-0.15, -0.1) is 24.0 Å². The van der Waals surface area contributed by atoms with Gasteiger partial charge >= 0.3 is 0 Å². The smallest absolute Gasteiger partial charge is 0.216 e. The zero-order chi connectivity index (χ0) is 18.5. The highest BCUT2D eigenvalue weighted by Crippen LogP contribution is 2.14. The zero-order valence-corrected chi connectivity index (χ0v) is 18.8. The van der Waals surface area contributed by atoms with Crippen LogP contribution in [0.4, 0.5) is 0 Å². The van der Waals surface area contributed by atoms with Gasteiger partial charge in [-0.05, 0) is 18.6 Å². The molecule has 2 rings (SSSR count). The summed E-state index contributed by atoms with van der Waals surface area (Å²) in [6, 6.07) is 3.68. The fourth-order valence-corrected chi connectivity index (χ4v) is 2.73. The van der Waals surface area contributed by atoms with Gasteiger partial charge in [-0.3, -0.25) is 10.1 Å². The van der Waals surface area contributed by atoms with Gasteiger partial charge in [0.1, 0.15) is 5.82 Å². The van der Waals surface area contributed by atoms with Crippen LogP contribution in [0.25, 0.3) is 11.6 Å². The van der Waals surface area contributed by atoms with Crippen molar-refractivity contribution in [2.75, 3.05) is 20.1 Å². The summed E-state index contributed by atoms with van der Waals surface area (Å²) >= 11 is 0. The number of guanidine groups is 1. The van der Waals surface area contributed by atoms with Crippen molar-refractivity contribution in [3.63, 3.8) is 0 Å². The molecule has 0 aliphatic heterocycles. The first-order chi connectivity index (χ1) is 12.8. The van der Waals surface area contributed by atoms with E-state index in [1.807, 2.05) is 12.1 Å². The van der Waals surface area contributed by atoms with Crippen LogP contribution in [-0.2, 0) is 6.42 Å². The highest BCUT2D eigenvalue weighted by molar-refractivity contribution is 14.0. The molecule has 152 valence electrons. The fraction of sp³-hybridized carbons (Fsp3) is 0.632. The maximum absolute atomic E-state index is 5.29. The SMILES string of the molecule is CCCCCCCCCNC(=NC)NCCc1nc(-c2ccco2)n[nH]1.I. The molecule has 0 saturated heterocycles. The lowest BCUT2D eigenvalue weighted by Crippen LogP contribution is -2.38.